The molecular weight excluding hydrogens is 493 g/mol. The monoisotopic (exact) mass is 514 g/mol. The molecule has 1 aromatic heterocycles. The van der Waals surface area contributed by atoms with Crippen molar-refractivity contribution in [2.75, 3.05) is 0 Å². The molecule has 0 aliphatic rings. The highest BCUT2D eigenvalue weighted by Crippen LogP contribution is 2.38. The molecular formula is C24H21F7N4O. The molecule has 0 saturated carbocycles. The molecule has 12 heteroatoms. The second kappa shape index (κ2) is 10.1. The predicted molar refractivity (Wildman–Crippen MR) is 116 cm³/mol. The molecule has 5 nitrogen and oxygen atoms in total. The van der Waals surface area contributed by atoms with E-state index in [1.54, 1.807) is 44.2 Å². The van der Waals surface area contributed by atoms with Gasteiger partial charge >= 0.3 is 18.4 Å². The number of aromatic nitrogens is 2. The molecule has 0 aliphatic carbocycles. The zero-order valence-electron chi connectivity index (χ0n) is 19.0. The van der Waals surface area contributed by atoms with E-state index >= 15 is 0 Å². The molecule has 0 spiro atoms. The summed E-state index contributed by atoms with van der Waals surface area (Å²) in [5, 5.41) is 4.93. The average molecular weight is 514 g/mol. The fourth-order valence-corrected chi connectivity index (χ4v) is 3.60. The van der Waals surface area contributed by atoms with Gasteiger partial charge in [0.1, 0.15) is 17.1 Å². The number of nitrogens with zero attached hydrogens (tertiary/aromatic N) is 2. The van der Waals surface area contributed by atoms with Gasteiger partial charge in [0, 0.05) is 18.7 Å². The lowest BCUT2D eigenvalue weighted by molar-refractivity contribution is -0.141. The number of urea groups is 1. The molecule has 2 aromatic carbocycles. The maximum atomic E-state index is 14.5. The van der Waals surface area contributed by atoms with E-state index in [4.69, 9.17) is 0 Å². The van der Waals surface area contributed by atoms with Crippen molar-refractivity contribution in [3.05, 3.63) is 94.8 Å². The van der Waals surface area contributed by atoms with Gasteiger partial charge in [0.2, 0.25) is 0 Å². The van der Waals surface area contributed by atoms with E-state index in [1.165, 1.54) is 0 Å². The summed E-state index contributed by atoms with van der Waals surface area (Å²) in [5.41, 5.74) is -5.08. The van der Waals surface area contributed by atoms with Crippen molar-refractivity contribution in [3.8, 4) is 0 Å². The Hall–Kier alpha value is -3.70. The van der Waals surface area contributed by atoms with Crippen molar-refractivity contribution < 1.29 is 35.5 Å². The van der Waals surface area contributed by atoms with E-state index in [1.807, 2.05) is 0 Å². The number of nitrogens with one attached hydrogen (secondary N) is 2. The Kier molecular flexibility index (Phi) is 7.56. The van der Waals surface area contributed by atoms with Gasteiger partial charge in [0.05, 0.1) is 5.56 Å². The van der Waals surface area contributed by atoms with Gasteiger partial charge in [-0.2, -0.15) is 26.3 Å². The summed E-state index contributed by atoms with van der Waals surface area (Å²) in [5.74, 6) is -1.98. The van der Waals surface area contributed by atoms with Crippen LogP contribution in [0.25, 0.3) is 0 Å². The van der Waals surface area contributed by atoms with Gasteiger partial charge in [-0.15, -0.1) is 0 Å². The standard InChI is InChI=1S/C24H21F7N4O/c1-14(2)33-21(36)35-22(13-15-6-4-3-5-7-15,20-32-9-8-19(34-20)24(29,30)31)16-10-17(23(26,27)28)12-18(25)11-16/h3-12,14H,13H2,1-2H3,(H2,33,35,36)/t22-/m0/s1. The van der Waals surface area contributed by atoms with Crippen LogP contribution in [-0.2, 0) is 24.3 Å². The van der Waals surface area contributed by atoms with Gasteiger partial charge in [-0.05, 0) is 49.2 Å². The molecule has 3 rings (SSSR count). The maximum absolute atomic E-state index is 14.5. The van der Waals surface area contributed by atoms with Crippen molar-refractivity contribution >= 4 is 6.03 Å². The van der Waals surface area contributed by atoms with Crippen LogP contribution in [0.5, 0.6) is 0 Å². The number of carbonyl (C=O) groups excluding carboxylic acids is 1. The Balaban J connectivity index is 2.36. The highest BCUT2D eigenvalue weighted by atomic mass is 19.4. The van der Waals surface area contributed by atoms with Gasteiger partial charge < -0.3 is 10.6 Å². The highest BCUT2D eigenvalue weighted by Gasteiger charge is 2.43. The molecule has 3 aromatic rings. The van der Waals surface area contributed by atoms with Gasteiger partial charge in [0.25, 0.3) is 0 Å². The predicted octanol–water partition coefficient (Wildman–Crippen LogP) is 5.85. The van der Waals surface area contributed by atoms with Crippen molar-refractivity contribution in [2.45, 2.75) is 44.2 Å². The molecule has 0 unspecified atom stereocenters. The first-order chi connectivity index (χ1) is 16.7. The van der Waals surface area contributed by atoms with Crippen molar-refractivity contribution in [3.63, 3.8) is 0 Å². The molecule has 2 N–H and O–H groups in total. The first-order valence-electron chi connectivity index (χ1n) is 10.6. The van der Waals surface area contributed by atoms with Crippen LogP contribution < -0.4 is 10.6 Å². The molecule has 0 fully saturated rings. The third-order valence-electron chi connectivity index (χ3n) is 5.10. The number of halogens is 7. The van der Waals surface area contributed by atoms with Crippen LogP contribution in [0.1, 0.15) is 42.1 Å². The average Bonchev–Trinajstić information content (AvgIpc) is 2.77. The zero-order valence-corrected chi connectivity index (χ0v) is 19.0. The SMILES string of the molecule is CC(C)NC(=O)N[C@@](Cc1ccccc1)(c1cc(F)cc(C(F)(F)F)c1)c1nccc(C(F)(F)F)n1. The lowest BCUT2D eigenvalue weighted by Gasteiger charge is -2.35. The Morgan fingerprint density at radius 2 is 1.56 bits per heavy atom. The maximum Gasteiger partial charge on any atom is 0.433 e. The number of amides is 2. The van der Waals surface area contributed by atoms with Crippen LogP contribution >= 0.6 is 0 Å². The quantitative estimate of drug-likeness (QED) is 0.406. The number of rotatable bonds is 6. The molecule has 2 amide bonds. The molecule has 1 heterocycles. The number of hydrogen-bond donors (Lipinski definition) is 2. The molecule has 0 aliphatic heterocycles. The smallest absolute Gasteiger partial charge is 0.336 e. The summed E-state index contributed by atoms with van der Waals surface area (Å²) >= 11 is 0. The van der Waals surface area contributed by atoms with Crippen LogP contribution in [0, 0.1) is 5.82 Å². The Morgan fingerprint density at radius 1 is 0.917 bits per heavy atom. The number of alkyl halides is 6. The molecule has 36 heavy (non-hydrogen) atoms. The van der Waals surface area contributed by atoms with Gasteiger partial charge in [-0.25, -0.2) is 19.2 Å². The summed E-state index contributed by atoms with van der Waals surface area (Å²) in [7, 11) is 0. The Labute approximate surface area is 201 Å². The summed E-state index contributed by atoms with van der Waals surface area (Å²) in [6.07, 6.45) is -9.52. The fraction of sp³-hybridized carbons (Fsp3) is 0.292. The second-order valence-electron chi connectivity index (χ2n) is 8.31. The number of benzene rings is 2. The molecule has 0 radical (unpaired) electrons. The second-order valence-corrected chi connectivity index (χ2v) is 8.31. The Morgan fingerprint density at radius 3 is 2.14 bits per heavy atom. The van der Waals surface area contributed by atoms with E-state index in [0.717, 1.165) is 6.20 Å². The topological polar surface area (TPSA) is 66.9 Å². The fourth-order valence-electron chi connectivity index (χ4n) is 3.60. The molecule has 192 valence electrons. The summed E-state index contributed by atoms with van der Waals surface area (Å²) in [4.78, 5) is 20.3. The first-order valence-corrected chi connectivity index (χ1v) is 10.6. The molecule has 0 bridgehead atoms. The molecule has 1 atom stereocenters. The van der Waals surface area contributed by atoms with Gasteiger partial charge in [0.15, 0.2) is 5.82 Å². The summed E-state index contributed by atoms with van der Waals surface area (Å²) in [6.45, 7) is 3.20. The summed E-state index contributed by atoms with van der Waals surface area (Å²) in [6, 6.07) is 8.65. The van der Waals surface area contributed by atoms with E-state index in [9.17, 15) is 35.5 Å². The van der Waals surface area contributed by atoms with Crippen LogP contribution in [0.2, 0.25) is 0 Å². The van der Waals surface area contributed by atoms with Crippen LogP contribution in [-0.4, -0.2) is 22.0 Å². The normalized spacial score (nSPS) is 13.8. The third-order valence-corrected chi connectivity index (χ3v) is 5.10. The molecule has 0 saturated heterocycles. The minimum absolute atomic E-state index is 0.248. The van der Waals surface area contributed by atoms with E-state index in [-0.39, 0.29) is 12.5 Å². The highest BCUT2D eigenvalue weighted by molar-refractivity contribution is 5.76. The lowest BCUT2D eigenvalue weighted by atomic mass is 9.81. The zero-order chi connectivity index (χ0) is 26.7. The number of hydrogen-bond acceptors (Lipinski definition) is 3. The minimum Gasteiger partial charge on any atom is -0.336 e. The van der Waals surface area contributed by atoms with E-state index in [2.05, 4.69) is 20.6 Å². The minimum atomic E-state index is -4.98. The van der Waals surface area contributed by atoms with Gasteiger partial charge in [-0.3, -0.25) is 0 Å². The van der Waals surface area contributed by atoms with E-state index in [0.29, 0.717) is 23.8 Å². The Bertz CT molecular complexity index is 1210. The van der Waals surface area contributed by atoms with Gasteiger partial charge in [-0.1, -0.05) is 30.3 Å². The van der Waals surface area contributed by atoms with Crippen LogP contribution in [0.4, 0.5) is 35.5 Å². The van der Waals surface area contributed by atoms with Crippen LogP contribution in [0.3, 0.4) is 0 Å². The lowest BCUT2D eigenvalue weighted by Crippen LogP contribution is -2.54. The third kappa shape index (κ3) is 6.29. The summed E-state index contributed by atoms with van der Waals surface area (Å²) < 4.78 is 95.7. The first kappa shape index (κ1) is 26.9. The number of carbonyl (C=O) groups is 1. The van der Waals surface area contributed by atoms with Crippen molar-refractivity contribution in [2.24, 2.45) is 0 Å². The van der Waals surface area contributed by atoms with Crippen LogP contribution in [0.15, 0.2) is 60.8 Å². The van der Waals surface area contributed by atoms with E-state index < -0.39 is 58.4 Å². The largest absolute Gasteiger partial charge is 0.433 e. The van der Waals surface area contributed by atoms with Crippen molar-refractivity contribution in [1.82, 2.24) is 20.6 Å². The van der Waals surface area contributed by atoms with Crippen molar-refractivity contribution in [1.29, 1.82) is 0 Å².